The summed E-state index contributed by atoms with van der Waals surface area (Å²) in [5, 5.41) is 12.2. The smallest absolute Gasteiger partial charge is 0.241 e. The number of amides is 2. The third-order valence-electron chi connectivity index (χ3n) is 5.10. The standard InChI is InChI=1S/C20H25N5O2S/c26-17(21-12-18(27)24-10-4-5-11-24)14-28-20-23-22-19(16-8-9-16)25(20)13-15-6-2-1-3-7-15/h1-3,6-7,16H,4-5,8-14H2,(H,21,26). The summed E-state index contributed by atoms with van der Waals surface area (Å²) in [5.74, 6) is 1.57. The number of benzene rings is 1. The van der Waals surface area contributed by atoms with E-state index < -0.39 is 0 Å². The van der Waals surface area contributed by atoms with Crippen molar-refractivity contribution < 1.29 is 9.59 Å². The molecule has 1 aliphatic heterocycles. The van der Waals surface area contributed by atoms with Gasteiger partial charge in [0.2, 0.25) is 11.8 Å². The minimum atomic E-state index is -0.153. The summed E-state index contributed by atoms with van der Waals surface area (Å²) in [4.78, 5) is 26.1. The van der Waals surface area contributed by atoms with Crippen molar-refractivity contribution in [1.82, 2.24) is 25.0 Å². The summed E-state index contributed by atoms with van der Waals surface area (Å²) in [6.45, 7) is 2.38. The van der Waals surface area contributed by atoms with Gasteiger partial charge < -0.3 is 14.8 Å². The Morgan fingerprint density at radius 1 is 1.11 bits per heavy atom. The number of nitrogens with zero attached hydrogens (tertiary/aromatic N) is 4. The molecule has 8 heteroatoms. The molecule has 2 aliphatic rings. The first-order valence-electron chi connectivity index (χ1n) is 9.85. The molecular formula is C20H25N5O2S. The lowest BCUT2D eigenvalue weighted by atomic mass is 10.2. The molecule has 1 aliphatic carbocycles. The summed E-state index contributed by atoms with van der Waals surface area (Å²) < 4.78 is 2.13. The molecule has 1 aromatic heterocycles. The minimum absolute atomic E-state index is 0.000820. The highest BCUT2D eigenvalue weighted by atomic mass is 32.2. The molecule has 2 amide bonds. The molecule has 0 radical (unpaired) electrons. The molecule has 1 saturated heterocycles. The van der Waals surface area contributed by atoms with Crippen molar-refractivity contribution in [1.29, 1.82) is 0 Å². The molecule has 0 unspecified atom stereocenters. The van der Waals surface area contributed by atoms with Crippen LogP contribution in [-0.4, -0.2) is 56.9 Å². The van der Waals surface area contributed by atoms with E-state index in [-0.39, 0.29) is 24.1 Å². The summed E-state index contributed by atoms with van der Waals surface area (Å²) in [7, 11) is 0. The molecule has 1 N–H and O–H groups in total. The van der Waals surface area contributed by atoms with Crippen LogP contribution in [0.4, 0.5) is 0 Å². The third kappa shape index (κ3) is 4.73. The summed E-state index contributed by atoms with van der Waals surface area (Å²) in [6, 6.07) is 10.2. The topological polar surface area (TPSA) is 80.1 Å². The number of thioether (sulfide) groups is 1. The molecule has 28 heavy (non-hydrogen) atoms. The maximum atomic E-state index is 12.2. The van der Waals surface area contributed by atoms with E-state index >= 15 is 0 Å². The molecule has 7 nitrogen and oxygen atoms in total. The molecule has 2 fully saturated rings. The van der Waals surface area contributed by atoms with Crippen LogP contribution in [0.3, 0.4) is 0 Å². The Balaban J connectivity index is 1.33. The molecular weight excluding hydrogens is 374 g/mol. The van der Waals surface area contributed by atoms with E-state index in [9.17, 15) is 9.59 Å². The first kappa shape index (κ1) is 19.0. The number of carbonyl (C=O) groups is 2. The first-order chi connectivity index (χ1) is 13.7. The van der Waals surface area contributed by atoms with E-state index in [0.717, 1.165) is 49.8 Å². The number of hydrogen-bond donors (Lipinski definition) is 1. The van der Waals surface area contributed by atoms with Gasteiger partial charge >= 0.3 is 0 Å². The molecule has 148 valence electrons. The van der Waals surface area contributed by atoms with E-state index in [2.05, 4.69) is 32.2 Å². The Labute approximate surface area is 168 Å². The van der Waals surface area contributed by atoms with Gasteiger partial charge in [0.05, 0.1) is 18.8 Å². The number of likely N-dealkylation sites (tertiary alicyclic amines) is 1. The quantitative estimate of drug-likeness (QED) is 0.687. The van der Waals surface area contributed by atoms with Crippen molar-refractivity contribution >= 4 is 23.6 Å². The molecule has 1 saturated carbocycles. The number of carbonyl (C=O) groups excluding carboxylic acids is 2. The Bertz CT molecular complexity index is 828. The van der Waals surface area contributed by atoms with Crippen molar-refractivity contribution in [3.05, 3.63) is 41.7 Å². The largest absolute Gasteiger partial charge is 0.346 e. The van der Waals surface area contributed by atoms with Gasteiger partial charge in [0.25, 0.3) is 0 Å². The van der Waals surface area contributed by atoms with E-state index in [1.54, 1.807) is 0 Å². The van der Waals surface area contributed by atoms with E-state index in [1.165, 1.54) is 17.3 Å². The van der Waals surface area contributed by atoms with Crippen molar-refractivity contribution in [2.24, 2.45) is 0 Å². The van der Waals surface area contributed by atoms with Crippen molar-refractivity contribution in [2.45, 2.75) is 43.3 Å². The van der Waals surface area contributed by atoms with Crippen LogP contribution in [-0.2, 0) is 16.1 Å². The maximum Gasteiger partial charge on any atom is 0.241 e. The van der Waals surface area contributed by atoms with Crippen molar-refractivity contribution in [3.63, 3.8) is 0 Å². The second kappa shape index (κ2) is 8.77. The fourth-order valence-electron chi connectivity index (χ4n) is 3.40. The normalized spacial score (nSPS) is 16.4. The number of rotatable bonds is 8. The van der Waals surface area contributed by atoms with Crippen molar-refractivity contribution in [2.75, 3.05) is 25.4 Å². The molecule has 0 bridgehead atoms. The predicted octanol–water partition coefficient (Wildman–Crippen LogP) is 2.03. The van der Waals surface area contributed by atoms with Gasteiger partial charge in [0, 0.05) is 19.0 Å². The Kier molecular flexibility index (Phi) is 5.95. The van der Waals surface area contributed by atoms with Crippen LogP contribution in [0.2, 0.25) is 0 Å². The van der Waals surface area contributed by atoms with Gasteiger partial charge in [-0.05, 0) is 31.2 Å². The summed E-state index contributed by atoms with van der Waals surface area (Å²) >= 11 is 1.38. The average Bonchev–Trinajstić information content (AvgIpc) is 3.25. The lowest BCUT2D eigenvalue weighted by Gasteiger charge is -2.15. The molecule has 2 heterocycles. The van der Waals surface area contributed by atoms with Gasteiger partial charge in [-0.1, -0.05) is 42.1 Å². The zero-order valence-electron chi connectivity index (χ0n) is 15.8. The monoisotopic (exact) mass is 399 g/mol. The lowest BCUT2D eigenvalue weighted by Crippen LogP contribution is -2.39. The molecule has 1 aromatic carbocycles. The van der Waals surface area contributed by atoms with Crippen LogP contribution in [0.5, 0.6) is 0 Å². The summed E-state index contributed by atoms with van der Waals surface area (Å²) in [5.41, 5.74) is 1.19. The van der Waals surface area contributed by atoms with Gasteiger partial charge in [-0.3, -0.25) is 9.59 Å². The average molecular weight is 400 g/mol. The Morgan fingerprint density at radius 2 is 1.86 bits per heavy atom. The fourth-order valence-corrected chi connectivity index (χ4v) is 4.17. The highest BCUT2D eigenvalue weighted by molar-refractivity contribution is 7.99. The van der Waals surface area contributed by atoms with Crippen LogP contribution >= 0.6 is 11.8 Å². The van der Waals surface area contributed by atoms with Gasteiger partial charge in [0.15, 0.2) is 5.16 Å². The zero-order chi connectivity index (χ0) is 19.3. The number of aromatic nitrogens is 3. The number of nitrogens with one attached hydrogen (secondary N) is 1. The highest BCUT2D eigenvalue weighted by Gasteiger charge is 2.30. The molecule has 0 spiro atoms. The van der Waals surface area contributed by atoms with Crippen LogP contribution in [0.25, 0.3) is 0 Å². The zero-order valence-corrected chi connectivity index (χ0v) is 16.7. The maximum absolute atomic E-state index is 12.2. The van der Waals surface area contributed by atoms with Gasteiger partial charge in [-0.25, -0.2) is 0 Å². The first-order valence-corrected chi connectivity index (χ1v) is 10.8. The van der Waals surface area contributed by atoms with Gasteiger partial charge in [-0.2, -0.15) is 0 Å². The molecule has 0 atom stereocenters. The third-order valence-corrected chi connectivity index (χ3v) is 6.07. The van der Waals surface area contributed by atoms with Crippen LogP contribution < -0.4 is 5.32 Å². The summed E-state index contributed by atoms with van der Waals surface area (Å²) in [6.07, 6.45) is 4.40. The predicted molar refractivity (Wildman–Crippen MR) is 107 cm³/mol. The van der Waals surface area contributed by atoms with Crippen LogP contribution in [0.15, 0.2) is 35.5 Å². The second-order valence-corrected chi connectivity index (χ2v) is 8.28. The minimum Gasteiger partial charge on any atom is -0.346 e. The highest BCUT2D eigenvalue weighted by Crippen LogP contribution is 2.40. The lowest BCUT2D eigenvalue weighted by molar-refractivity contribution is -0.131. The fraction of sp³-hybridized carbons (Fsp3) is 0.500. The van der Waals surface area contributed by atoms with Gasteiger partial charge in [0.1, 0.15) is 5.82 Å². The SMILES string of the molecule is O=C(CSc1nnc(C2CC2)n1Cc1ccccc1)NCC(=O)N1CCCC1. The van der Waals surface area contributed by atoms with E-state index in [0.29, 0.717) is 12.5 Å². The van der Waals surface area contributed by atoms with Crippen molar-refractivity contribution in [3.8, 4) is 0 Å². The Hall–Kier alpha value is -2.35. The second-order valence-electron chi connectivity index (χ2n) is 7.34. The molecule has 4 rings (SSSR count). The Morgan fingerprint density at radius 3 is 2.57 bits per heavy atom. The van der Waals surface area contributed by atoms with Crippen LogP contribution in [0, 0.1) is 0 Å². The van der Waals surface area contributed by atoms with E-state index in [1.807, 2.05) is 23.1 Å². The molecule has 2 aromatic rings. The van der Waals surface area contributed by atoms with Gasteiger partial charge in [-0.15, -0.1) is 10.2 Å². The van der Waals surface area contributed by atoms with E-state index in [4.69, 9.17) is 0 Å². The van der Waals surface area contributed by atoms with Crippen LogP contribution in [0.1, 0.15) is 43.0 Å². The number of hydrogen-bond acceptors (Lipinski definition) is 5.